The zero-order valence-electron chi connectivity index (χ0n) is 19.6. The minimum atomic E-state index is -0.828. The van der Waals surface area contributed by atoms with E-state index in [9.17, 15) is 13.6 Å². The van der Waals surface area contributed by atoms with E-state index in [1.54, 1.807) is 20.2 Å². The lowest BCUT2D eigenvalue weighted by molar-refractivity contribution is 0.151. The van der Waals surface area contributed by atoms with Crippen molar-refractivity contribution in [1.82, 2.24) is 25.0 Å². The summed E-state index contributed by atoms with van der Waals surface area (Å²) in [6.45, 7) is 4.34. The van der Waals surface area contributed by atoms with Crippen molar-refractivity contribution < 1.29 is 18.3 Å². The number of carbonyl (C=O) groups is 1. The van der Waals surface area contributed by atoms with Gasteiger partial charge >= 0.3 is 6.03 Å². The van der Waals surface area contributed by atoms with E-state index >= 15 is 0 Å². The number of likely N-dealkylation sites (tertiary alicyclic amines) is 1. The number of nitrogens with zero attached hydrogens (tertiary/aromatic N) is 4. The maximum Gasteiger partial charge on any atom is 0.321 e. The molecule has 2 heterocycles. The lowest BCUT2D eigenvalue weighted by Gasteiger charge is -2.37. The molecular weight excluding hydrogens is 442 g/mol. The first-order valence-electron chi connectivity index (χ1n) is 11.3. The summed E-state index contributed by atoms with van der Waals surface area (Å²) < 4.78 is 34.6. The van der Waals surface area contributed by atoms with Gasteiger partial charge in [-0.15, -0.1) is 5.10 Å². The molecule has 0 saturated carbocycles. The van der Waals surface area contributed by atoms with Gasteiger partial charge in [-0.25, -0.2) is 18.3 Å². The zero-order chi connectivity index (χ0) is 24.3. The lowest BCUT2D eigenvalue weighted by Crippen LogP contribution is -2.47. The summed E-state index contributed by atoms with van der Waals surface area (Å²) in [6.07, 6.45) is 2.87. The minimum absolute atomic E-state index is 0.0400. The molecule has 4 rings (SSSR count). The Morgan fingerprint density at radius 1 is 1.26 bits per heavy atom. The van der Waals surface area contributed by atoms with E-state index in [-0.39, 0.29) is 18.4 Å². The number of rotatable bonds is 7. The number of methoxy groups -OCH3 is 1. The average Bonchev–Trinajstić information content (AvgIpc) is 3.39. The third kappa shape index (κ3) is 5.18. The molecule has 0 radical (unpaired) electrons. The Hall–Kier alpha value is -3.11. The molecule has 1 fully saturated rings. The Bertz CT molecular complexity index is 1090. The Morgan fingerprint density at radius 2 is 2.03 bits per heavy atom. The molecule has 8 nitrogen and oxygen atoms in total. The van der Waals surface area contributed by atoms with E-state index in [0.717, 1.165) is 5.56 Å². The fraction of sp³-hybridized carbons (Fsp3) is 0.458. The molecule has 2 N–H and O–H groups in total. The summed E-state index contributed by atoms with van der Waals surface area (Å²) in [5.74, 6) is -0.889. The number of allylic oxidation sites excluding steroid dienone is 4. The predicted molar refractivity (Wildman–Crippen MR) is 125 cm³/mol. The number of urea groups is 1. The van der Waals surface area contributed by atoms with Gasteiger partial charge in [-0.05, 0) is 11.5 Å². The fourth-order valence-corrected chi connectivity index (χ4v) is 4.70. The quantitative estimate of drug-likeness (QED) is 0.643. The summed E-state index contributed by atoms with van der Waals surface area (Å²) in [5, 5.41) is 10.2. The molecule has 0 spiro atoms. The summed E-state index contributed by atoms with van der Waals surface area (Å²) in [7, 11) is 3.34. The van der Waals surface area contributed by atoms with Crippen LogP contribution in [-0.2, 0) is 11.8 Å². The van der Waals surface area contributed by atoms with Gasteiger partial charge in [0, 0.05) is 57.7 Å². The van der Waals surface area contributed by atoms with Gasteiger partial charge in [-0.3, -0.25) is 10.2 Å². The number of amides is 2. The van der Waals surface area contributed by atoms with Crippen LogP contribution in [-0.4, -0.2) is 65.1 Å². The van der Waals surface area contributed by atoms with Crippen LogP contribution in [0.4, 0.5) is 19.5 Å². The van der Waals surface area contributed by atoms with Crippen molar-refractivity contribution >= 4 is 12.0 Å². The van der Waals surface area contributed by atoms with Crippen LogP contribution in [0.5, 0.6) is 0 Å². The van der Waals surface area contributed by atoms with Crippen LogP contribution in [0.2, 0.25) is 0 Å². The minimum Gasteiger partial charge on any atom is -0.383 e. The van der Waals surface area contributed by atoms with Crippen LogP contribution < -0.4 is 10.6 Å². The van der Waals surface area contributed by atoms with E-state index in [2.05, 4.69) is 25.6 Å². The lowest BCUT2D eigenvalue weighted by atomic mass is 9.70. The van der Waals surface area contributed by atoms with Crippen molar-refractivity contribution in [3.05, 3.63) is 54.1 Å². The molecule has 2 aliphatic rings. The number of ether oxygens (including phenoxy) is 1. The average molecular weight is 473 g/mol. The molecule has 1 aliphatic heterocycles. The molecule has 0 bridgehead atoms. The third-order valence-corrected chi connectivity index (χ3v) is 6.60. The largest absolute Gasteiger partial charge is 0.383 e. The second-order valence-electron chi connectivity index (χ2n) is 9.08. The number of anilines is 1. The maximum absolute atomic E-state index is 14.2. The smallest absolute Gasteiger partial charge is 0.321 e. The van der Waals surface area contributed by atoms with Gasteiger partial charge in [0.05, 0.1) is 6.61 Å². The molecule has 1 aromatic carbocycles. The number of hydrogen-bond acceptors (Lipinski definition) is 5. The van der Waals surface area contributed by atoms with Crippen molar-refractivity contribution in [3.63, 3.8) is 0 Å². The molecule has 10 heteroatoms. The highest BCUT2D eigenvalue weighted by Gasteiger charge is 2.45. The number of carbonyl (C=O) groups excluding carboxylic acids is 1. The van der Waals surface area contributed by atoms with Crippen molar-refractivity contribution in [2.45, 2.75) is 19.4 Å². The molecule has 1 aromatic heterocycles. The maximum atomic E-state index is 14.2. The first-order chi connectivity index (χ1) is 16.3. The van der Waals surface area contributed by atoms with Crippen molar-refractivity contribution in [3.8, 4) is 11.4 Å². The highest BCUT2D eigenvalue weighted by Crippen LogP contribution is 2.44. The van der Waals surface area contributed by atoms with E-state index in [1.807, 2.05) is 37.3 Å². The van der Waals surface area contributed by atoms with E-state index < -0.39 is 23.1 Å². The van der Waals surface area contributed by atoms with Gasteiger partial charge in [0.25, 0.3) is 0 Å². The fourth-order valence-electron chi connectivity index (χ4n) is 4.70. The predicted octanol–water partition coefficient (Wildman–Crippen LogP) is 3.67. The topological polar surface area (TPSA) is 84.3 Å². The summed E-state index contributed by atoms with van der Waals surface area (Å²) in [6, 6.07) is 8.78. The number of nitrogens with one attached hydrogen (secondary N) is 2. The van der Waals surface area contributed by atoms with Crippen LogP contribution in [0.25, 0.3) is 11.4 Å². The summed E-state index contributed by atoms with van der Waals surface area (Å²) in [5.41, 5.74) is 0.209. The van der Waals surface area contributed by atoms with Crippen LogP contribution in [0, 0.1) is 11.3 Å². The molecule has 1 unspecified atom stereocenters. The second-order valence-corrected chi connectivity index (χ2v) is 9.08. The van der Waals surface area contributed by atoms with Crippen LogP contribution in [0.15, 0.2) is 54.1 Å². The standard InChI is InChI=1S/C24H30F2N6O2/c1-24(10-9-18(25)19(26)13-24)17-14-32(11-12-34-3)15-20(17)27-23(33)29-22-28-21(30-31(22)2)16-7-5-4-6-8-16/h4-10,17,20H,11-15H2,1-3H3,(H2,27,28,29,30,33)/t17-,20-,24?/m1/s1. The molecule has 1 saturated heterocycles. The number of aryl methyl sites for hydroxylation is 1. The highest BCUT2D eigenvalue weighted by atomic mass is 19.2. The molecule has 182 valence electrons. The van der Waals surface area contributed by atoms with Crippen LogP contribution in [0.3, 0.4) is 0 Å². The van der Waals surface area contributed by atoms with E-state index in [1.165, 1.54) is 10.8 Å². The number of halogens is 2. The van der Waals surface area contributed by atoms with E-state index in [4.69, 9.17) is 4.74 Å². The van der Waals surface area contributed by atoms with Gasteiger partial charge < -0.3 is 10.1 Å². The van der Waals surface area contributed by atoms with Crippen molar-refractivity contribution in [1.29, 1.82) is 0 Å². The first kappa shape index (κ1) is 24.0. The van der Waals surface area contributed by atoms with Gasteiger partial charge in [-0.2, -0.15) is 4.98 Å². The monoisotopic (exact) mass is 472 g/mol. The molecule has 3 atom stereocenters. The first-order valence-corrected chi connectivity index (χ1v) is 11.3. The summed E-state index contributed by atoms with van der Waals surface area (Å²) in [4.78, 5) is 19.5. The van der Waals surface area contributed by atoms with Crippen LogP contribution in [0.1, 0.15) is 13.3 Å². The SMILES string of the molecule is COCCN1C[C@@H](C2(C)C=CC(F)=C(F)C2)[C@H](NC(=O)Nc2nc(-c3ccccc3)nn2C)C1. The second kappa shape index (κ2) is 10.0. The Morgan fingerprint density at radius 3 is 2.74 bits per heavy atom. The van der Waals surface area contributed by atoms with Gasteiger partial charge in [0.1, 0.15) is 5.83 Å². The molecular formula is C24H30F2N6O2. The molecule has 2 amide bonds. The Kier molecular flexibility index (Phi) is 7.08. The number of benzene rings is 1. The summed E-state index contributed by atoms with van der Waals surface area (Å²) >= 11 is 0. The number of hydrogen-bond donors (Lipinski definition) is 2. The normalized spacial score (nSPS) is 25.1. The molecule has 34 heavy (non-hydrogen) atoms. The number of aromatic nitrogens is 3. The van der Waals surface area contributed by atoms with Crippen LogP contribution >= 0.6 is 0 Å². The van der Waals surface area contributed by atoms with Gasteiger partial charge in [0.15, 0.2) is 11.7 Å². The molecule has 1 aliphatic carbocycles. The molecule has 2 aromatic rings. The third-order valence-electron chi connectivity index (χ3n) is 6.60. The van der Waals surface area contributed by atoms with Crippen molar-refractivity contribution in [2.75, 3.05) is 38.7 Å². The Balaban J connectivity index is 1.47. The zero-order valence-corrected chi connectivity index (χ0v) is 19.6. The van der Waals surface area contributed by atoms with Gasteiger partial charge in [0.2, 0.25) is 5.95 Å². The van der Waals surface area contributed by atoms with Crippen molar-refractivity contribution in [2.24, 2.45) is 18.4 Å². The Labute approximate surface area is 197 Å². The van der Waals surface area contributed by atoms with E-state index in [0.29, 0.717) is 38.0 Å². The van der Waals surface area contributed by atoms with Gasteiger partial charge in [-0.1, -0.05) is 43.3 Å². The highest BCUT2D eigenvalue weighted by molar-refractivity contribution is 5.88.